The number of hydrogen-bond donors (Lipinski definition) is 0. The zero-order valence-electron chi connectivity index (χ0n) is 16.4. The molecule has 0 aromatic heterocycles. The predicted octanol–water partition coefficient (Wildman–Crippen LogP) is 5.99. The van der Waals surface area contributed by atoms with Crippen LogP contribution in [0.15, 0.2) is 35.1 Å². The van der Waals surface area contributed by atoms with Gasteiger partial charge >= 0.3 is 0 Å². The number of carbonyl (C=O) groups is 1. The minimum absolute atomic E-state index is 0.118. The number of Topliss-reactive ketones (excluding diaryl/α,β-unsaturated/α-hetero) is 1. The first-order chi connectivity index (χ1) is 11.3. The minimum atomic E-state index is -0.248. The van der Waals surface area contributed by atoms with Gasteiger partial charge in [0.25, 0.3) is 0 Å². The summed E-state index contributed by atoms with van der Waals surface area (Å²) >= 11 is 0. The fraction of sp³-hybridized carbons (Fsp3) is 0.682. The third-order valence-corrected chi connectivity index (χ3v) is 6.85. The molecular weight excluding hydrogens is 296 g/mol. The quantitative estimate of drug-likeness (QED) is 0.559. The van der Waals surface area contributed by atoms with E-state index in [9.17, 15) is 4.79 Å². The third kappa shape index (κ3) is 3.38. The first-order valence-electron chi connectivity index (χ1n) is 9.43. The summed E-state index contributed by atoms with van der Waals surface area (Å²) in [5.74, 6) is 1.81. The first-order valence-corrected chi connectivity index (χ1v) is 9.43. The average Bonchev–Trinajstić information content (AvgIpc) is 2.57. The van der Waals surface area contributed by atoms with Crippen LogP contribution in [0.1, 0.15) is 73.1 Å². The molecule has 0 bridgehead atoms. The van der Waals surface area contributed by atoms with Gasteiger partial charge in [-0.25, -0.2) is 0 Å². The number of allylic oxidation sites excluding steroid dienone is 6. The summed E-state index contributed by atoms with van der Waals surface area (Å²) in [5, 5.41) is 0. The highest BCUT2D eigenvalue weighted by atomic mass is 16.5. The van der Waals surface area contributed by atoms with Gasteiger partial charge in [-0.15, -0.1) is 0 Å². The van der Waals surface area contributed by atoms with E-state index in [1.165, 1.54) is 11.1 Å². The molecule has 0 saturated heterocycles. The van der Waals surface area contributed by atoms with Crippen molar-refractivity contribution in [1.29, 1.82) is 0 Å². The van der Waals surface area contributed by atoms with Gasteiger partial charge in [0.15, 0.2) is 0 Å². The summed E-state index contributed by atoms with van der Waals surface area (Å²) < 4.78 is 5.47. The lowest BCUT2D eigenvalue weighted by molar-refractivity contribution is -0.128. The van der Waals surface area contributed by atoms with Crippen molar-refractivity contribution < 1.29 is 9.53 Å². The maximum atomic E-state index is 12.3. The fourth-order valence-corrected chi connectivity index (χ4v) is 4.18. The molecule has 0 amide bonds. The third-order valence-electron chi connectivity index (χ3n) is 6.85. The van der Waals surface area contributed by atoms with Crippen molar-refractivity contribution in [3.05, 3.63) is 35.1 Å². The van der Waals surface area contributed by atoms with Gasteiger partial charge in [0.05, 0.1) is 12.9 Å². The topological polar surface area (TPSA) is 26.3 Å². The molecule has 2 heteroatoms. The Morgan fingerprint density at radius 3 is 2.75 bits per heavy atom. The molecule has 0 N–H and O–H groups in total. The van der Waals surface area contributed by atoms with E-state index in [-0.39, 0.29) is 10.8 Å². The molecule has 2 rings (SSSR count). The maximum absolute atomic E-state index is 12.3. The Bertz CT molecular complexity index is 581. The van der Waals surface area contributed by atoms with Crippen molar-refractivity contribution in [3.8, 4) is 0 Å². The van der Waals surface area contributed by atoms with E-state index < -0.39 is 0 Å². The Balaban J connectivity index is 2.29. The number of ketones is 1. The van der Waals surface area contributed by atoms with Crippen LogP contribution in [0.5, 0.6) is 0 Å². The van der Waals surface area contributed by atoms with Gasteiger partial charge in [0.2, 0.25) is 0 Å². The number of hydrogen-bond acceptors (Lipinski definition) is 2. The molecule has 3 atom stereocenters. The van der Waals surface area contributed by atoms with Crippen LogP contribution >= 0.6 is 0 Å². The molecule has 2 nitrogen and oxygen atoms in total. The van der Waals surface area contributed by atoms with Crippen molar-refractivity contribution in [2.45, 2.75) is 73.1 Å². The van der Waals surface area contributed by atoms with Crippen LogP contribution in [0.4, 0.5) is 0 Å². The van der Waals surface area contributed by atoms with Crippen molar-refractivity contribution in [3.63, 3.8) is 0 Å². The number of ether oxygens (including phenoxy) is 1. The molecule has 2 aliphatic rings. The lowest BCUT2D eigenvalue weighted by Crippen LogP contribution is -2.33. The Morgan fingerprint density at radius 2 is 2.17 bits per heavy atom. The molecule has 0 aliphatic heterocycles. The zero-order chi connectivity index (χ0) is 18.0. The molecule has 24 heavy (non-hydrogen) atoms. The van der Waals surface area contributed by atoms with Gasteiger partial charge in [0.1, 0.15) is 5.78 Å². The Labute approximate surface area is 148 Å². The molecule has 0 radical (unpaired) electrons. The lowest BCUT2D eigenvalue weighted by Gasteiger charge is -2.41. The first kappa shape index (κ1) is 19.0. The summed E-state index contributed by atoms with van der Waals surface area (Å²) in [6, 6.07) is 0. The second-order valence-electron chi connectivity index (χ2n) is 8.06. The van der Waals surface area contributed by atoms with Crippen LogP contribution in [-0.2, 0) is 9.53 Å². The molecule has 0 aromatic rings. The van der Waals surface area contributed by atoms with Gasteiger partial charge < -0.3 is 4.74 Å². The van der Waals surface area contributed by atoms with Crippen molar-refractivity contribution >= 4 is 5.78 Å². The standard InChI is InChI=1S/C22H34O2/c1-7-16(2)21(4,17(3)23)13-11-18-9-8-10-19-15-20(24-6)12-14-22(18,19)5/h10-11,15-16H,7-9,12-14H2,1-6H3/b18-11+. The summed E-state index contributed by atoms with van der Waals surface area (Å²) in [7, 11) is 1.76. The van der Waals surface area contributed by atoms with Gasteiger partial charge in [0, 0.05) is 17.3 Å². The van der Waals surface area contributed by atoms with Crippen LogP contribution in [0, 0.1) is 16.7 Å². The van der Waals surface area contributed by atoms with E-state index in [0.717, 1.165) is 44.3 Å². The summed E-state index contributed by atoms with van der Waals surface area (Å²) in [6.07, 6.45) is 13.2. The zero-order valence-corrected chi connectivity index (χ0v) is 16.4. The normalized spacial score (nSPS) is 29.2. The molecule has 2 aliphatic carbocycles. The molecule has 0 saturated carbocycles. The van der Waals surface area contributed by atoms with Gasteiger partial charge in [-0.2, -0.15) is 0 Å². The maximum Gasteiger partial charge on any atom is 0.136 e. The fourth-order valence-electron chi connectivity index (χ4n) is 4.18. The Hall–Kier alpha value is -1.31. The summed E-state index contributed by atoms with van der Waals surface area (Å²) in [5.41, 5.74) is 2.79. The Morgan fingerprint density at radius 1 is 1.46 bits per heavy atom. The highest BCUT2D eigenvalue weighted by Gasteiger charge is 2.39. The smallest absolute Gasteiger partial charge is 0.136 e. The Kier molecular flexibility index (Phi) is 5.78. The molecule has 134 valence electrons. The second-order valence-corrected chi connectivity index (χ2v) is 8.06. The number of rotatable bonds is 6. The number of methoxy groups -OCH3 is 1. The molecule has 3 unspecified atom stereocenters. The van der Waals surface area contributed by atoms with E-state index in [4.69, 9.17) is 4.74 Å². The van der Waals surface area contributed by atoms with E-state index in [1.807, 2.05) is 0 Å². The highest BCUT2D eigenvalue weighted by molar-refractivity contribution is 5.82. The SMILES string of the molecule is CCC(C)C(C)(C/C=C1\CCC=C2C=C(OC)CCC21C)C(C)=O. The van der Waals surface area contributed by atoms with E-state index in [1.54, 1.807) is 14.0 Å². The predicted molar refractivity (Wildman–Crippen MR) is 101 cm³/mol. The van der Waals surface area contributed by atoms with Crippen molar-refractivity contribution in [2.24, 2.45) is 16.7 Å². The largest absolute Gasteiger partial charge is 0.501 e. The number of fused-ring (bicyclic) bond motifs is 1. The van der Waals surface area contributed by atoms with Crippen LogP contribution in [-0.4, -0.2) is 12.9 Å². The monoisotopic (exact) mass is 330 g/mol. The summed E-state index contributed by atoms with van der Waals surface area (Å²) in [4.78, 5) is 12.3. The molecule has 0 spiro atoms. The molecule has 0 aromatic carbocycles. The average molecular weight is 331 g/mol. The molecule has 0 fully saturated rings. The van der Waals surface area contributed by atoms with E-state index >= 15 is 0 Å². The van der Waals surface area contributed by atoms with Crippen LogP contribution < -0.4 is 0 Å². The van der Waals surface area contributed by atoms with E-state index in [0.29, 0.717) is 11.7 Å². The van der Waals surface area contributed by atoms with E-state index in [2.05, 4.69) is 45.9 Å². The molecule has 0 heterocycles. The van der Waals surface area contributed by atoms with Crippen LogP contribution in [0.3, 0.4) is 0 Å². The lowest BCUT2D eigenvalue weighted by atomic mass is 9.63. The van der Waals surface area contributed by atoms with Crippen molar-refractivity contribution in [1.82, 2.24) is 0 Å². The van der Waals surface area contributed by atoms with Crippen LogP contribution in [0.25, 0.3) is 0 Å². The minimum Gasteiger partial charge on any atom is -0.501 e. The highest BCUT2D eigenvalue weighted by Crippen LogP contribution is 2.50. The van der Waals surface area contributed by atoms with Crippen molar-refractivity contribution in [2.75, 3.05) is 7.11 Å². The number of carbonyl (C=O) groups excluding carboxylic acids is 1. The van der Waals surface area contributed by atoms with Gasteiger partial charge in [-0.1, -0.05) is 51.8 Å². The van der Waals surface area contributed by atoms with Gasteiger partial charge in [-0.3, -0.25) is 4.79 Å². The molecular formula is C22H34O2. The second kappa shape index (κ2) is 7.29. The van der Waals surface area contributed by atoms with Gasteiger partial charge in [-0.05, 0) is 50.2 Å². The summed E-state index contributed by atoms with van der Waals surface area (Å²) in [6.45, 7) is 10.7. The van der Waals surface area contributed by atoms with Crippen LogP contribution in [0.2, 0.25) is 0 Å².